The number of nitrogens with two attached hydrogens (primary N) is 2. The smallest absolute Gasteiger partial charge is 0.406 e. The first-order valence-electron chi connectivity index (χ1n) is 12.0. The number of hydrogen-bond donors (Lipinski definition) is 2. The molecule has 0 aliphatic carbocycles. The maximum Gasteiger partial charge on any atom is 0.573 e. The van der Waals surface area contributed by atoms with Crippen LogP contribution in [0.1, 0.15) is 22.6 Å². The largest absolute Gasteiger partial charge is 0.573 e. The fraction of sp³-hybridized carbons (Fsp3) is 0.179. The van der Waals surface area contributed by atoms with Gasteiger partial charge in [-0.1, -0.05) is 18.2 Å². The van der Waals surface area contributed by atoms with Gasteiger partial charge in [0.2, 0.25) is 0 Å². The normalized spacial score (nSPS) is 12.5. The fourth-order valence-electron chi connectivity index (χ4n) is 4.25. The zero-order valence-electron chi connectivity index (χ0n) is 22.0. The van der Waals surface area contributed by atoms with E-state index >= 15 is 0 Å². The molecule has 1 aromatic heterocycles. The van der Waals surface area contributed by atoms with E-state index in [1.807, 2.05) is 30.5 Å². The molecule has 0 radical (unpaired) electrons. The molecule has 0 aliphatic rings. The molecule has 4 aromatic rings. The number of alkyl halides is 6. The van der Waals surface area contributed by atoms with Crippen molar-refractivity contribution in [2.45, 2.75) is 31.3 Å². The molecular formula is C28H25F6N5OS. The minimum absolute atomic E-state index is 0.0619. The van der Waals surface area contributed by atoms with E-state index in [2.05, 4.69) is 9.72 Å². The van der Waals surface area contributed by atoms with Crippen molar-refractivity contribution in [2.75, 3.05) is 11.3 Å². The molecule has 13 heteroatoms. The number of nitrogens with zero attached hydrogens (tertiary/aromatic N) is 3. The molecule has 0 aliphatic heterocycles. The summed E-state index contributed by atoms with van der Waals surface area (Å²) >= 11 is 1.55. The van der Waals surface area contributed by atoms with Crippen molar-refractivity contribution < 1.29 is 31.1 Å². The van der Waals surface area contributed by atoms with Crippen LogP contribution in [0.25, 0.3) is 22.5 Å². The van der Waals surface area contributed by atoms with Crippen LogP contribution in [0.3, 0.4) is 0 Å². The molecule has 0 saturated heterocycles. The minimum atomic E-state index is -4.88. The summed E-state index contributed by atoms with van der Waals surface area (Å²) < 4.78 is 84.1. The zero-order chi connectivity index (χ0) is 30.1. The lowest BCUT2D eigenvalue weighted by Crippen LogP contribution is -2.31. The molecule has 0 amide bonds. The number of anilines is 1. The maximum absolute atomic E-state index is 13.5. The van der Waals surface area contributed by atoms with Crippen molar-refractivity contribution in [2.24, 2.45) is 11.6 Å². The van der Waals surface area contributed by atoms with Gasteiger partial charge in [0, 0.05) is 22.9 Å². The lowest BCUT2D eigenvalue weighted by molar-refractivity contribution is -0.274. The molecule has 216 valence electrons. The number of hydrogen-bond acceptors (Lipinski definition) is 6. The topological polar surface area (TPSA) is 82.3 Å². The first-order chi connectivity index (χ1) is 19.2. The highest BCUT2D eigenvalue weighted by Crippen LogP contribution is 2.37. The third kappa shape index (κ3) is 6.63. The highest BCUT2D eigenvalue weighted by Gasteiger charge is 2.35. The maximum atomic E-state index is 13.5. The lowest BCUT2D eigenvalue weighted by atomic mass is 10.0. The summed E-state index contributed by atoms with van der Waals surface area (Å²) in [5, 5.41) is 1.17. The van der Waals surface area contributed by atoms with E-state index < -0.39 is 24.0 Å². The predicted octanol–water partition coefficient (Wildman–Crippen LogP) is 7.43. The molecular weight excluding hydrogens is 568 g/mol. The van der Waals surface area contributed by atoms with E-state index in [-0.39, 0.29) is 28.5 Å². The average molecular weight is 594 g/mol. The molecule has 0 atom stereocenters. The average Bonchev–Trinajstić information content (AvgIpc) is 3.31. The number of aromatic nitrogens is 2. The molecule has 0 unspecified atom stereocenters. The Labute approximate surface area is 236 Å². The Hall–Kier alpha value is -4.10. The van der Waals surface area contributed by atoms with Crippen LogP contribution in [0.5, 0.6) is 5.75 Å². The van der Waals surface area contributed by atoms with E-state index in [9.17, 15) is 26.3 Å². The number of hydrazine groups is 1. The summed E-state index contributed by atoms with van der Waals surface area (Å²) in [6.07, 6.45) is -5.59. The van der Waals surface area contributed by atoms with Crippen LogP contribution in [0.4, 0.5) is 32.0 Å². The first-order valence-corrected chi connectivity index (χ1v) is 13.2. The molecule has 0 spiro atoms. The van der Waals surface area contributed by atoms with E-state index in [4.69, 9.17) is 11.6 Å². The zero-order valence-corrected chi connectivity index (χ0v) is 22.8. The minimum Gasteiger partial charge on any atom is -0.406 e. The van der Waals surface area contributed by atoms with E-state index in [0.29, 0.717) is 11.1 Å². The Kier molecular flexibility index (Phi) is 8.31. The van der Waals surface area contributed by atoms with Crippen molar-refractivity contribution >= 4 is 23.1 Å². The van der Waals surface area contributed by atoms with E-state index in [1.54, 1.807) is 30.0 Å². The van der Waals surface area contributed by atoms with Crippen LogP contribution in [0.15, 0.2) is 78.0 Å². The van der Waals surface area contributed by atoms with Crippen LogP contribution >= 0.6 is 11.8 Å². The Morgan fingerprint density at radius 2 is 1.68 bits per heavy atom. The van der Waals surface area contributed by atoms with Gasteiger partial charge in [0.15, 0.2) is 5.69 Å². The third-order valence-electron chi connectivity index (χ3n) is 6.18. The Balaban J connectivity index is 1.86. The van der Waals surface area contributed by atoms with Crippen molar-refractivity contribution in [1.82, 2.24) is 9.55 Å². The summed E-state index contributed by atoms with van der Waals surface area (Å²) in [4.78, 5) is 4.66. The van der Waals surface area contributed by atoms with Crippen molar-refractivity contribution in [3.63, 3.8) is 0 Å². The monoisotopic (exact) mass is 593 g/mol. The van der Waals surface area contributed by atoms with E-state index in [0.717, 1.165) is 28.9 Å². The molecule has 1 heterocycles. The fourth-order valence-corrected chi connectivity index (χ4v) is 4.71. The van der Waals surface area contributed by atoms with Crippen LogP contribution in [0, 0.1) is 13.8 Å². The Morgan fingerprint density at radius 3 is 2.27 bits per heavy atom. The van der Waals surface area contributed by atoms with Gasteiger partial charge in [-0.3, -0.25) is 5.01 Å². The van der Waals surface area contributed by atoms with Gasteiger partial charge in [-0.15, -0.1) is 24.9 Å². The number of ether oxygens (including phenoxy) is 1. The second kappa shape index (κ2) is 11.4. The summed E-state index contributed by atoms with van der Waals surface area (Å²) in [7, 11) is 0. The van der Waals surface area contributed by atoms with Gasteiger partial charge in [0.25, 0.3) is 0 Å². The standard InChI is InChI=1S/C28H25F6N5OS/c1-16-11-20(8-10-25(16)40-28(32,33)34)24(14-35)39(36)23-13-19(18-5-4-6-21(12-18)41-3)7-9-22(23)38-15-26(27(29,30)31)37-17(38)2/h4-15H,35-36H2,1-3H3/b24-14-. The molecule has 4 N–H and O–H groups in total. The van der Waals surface area contributed by atoms with Crippen LogP contribution in [-0.2, 0) is 6.18 Å². The lowest BCUT2D eigenvalue weighted by Gasteiger charge is -2.26. The highest BCUT2D eigenvalue weighted by molar-refractivity contribution is 7.98. The Bertz CT molecular complexity index is 1600. The Morgan fingerprint density at radius 1 is 0.976 bits per heavy atom. The predicted molar refractivity (Wildman–Crippen MR) is 147 cm³/mol. The summed E-state index contributed by atoms with van der Waals surface area (Å²) in [6, 6.07) is 16.6. The number of halogens is 6. The number of imidazole rings is 1. The first kappa shape index (κ1) is 29.9. The van der Waals surface area contributed by atoms with Gasteiger partial charge < -0.3 is 15.0 Å². The van der Waals surface area contributed by atoms with Crippen molar-refractivity contribution in [3.8, 4) is 22.6 Å². The summed E-state index contributed by atoms with van der Waals surface area (Å²) in [5.41, 5.74) is 7.62. The van der Waals surface area contributed by atoms with Gasteiger partial charge in [-0.25, -0.2) is 10.8 Å². The SMILES string of the molecule is CSc1cccc(-c2ccc(-n3cc(C(F)(F)F)nc3C)c(N(N)/C(=C\N)c3ccc(OC(F)(F)F)c(C)c3)c2)c1. The molecule has 0 bridgehead atoms. The van der Waals surface area contributed by atoms with Crippen molar-refractivity contribution in [3.05, 3.63) is 95.7 Å². The van der Waals surface area contributed by atoms with Crippen LogP contribution in [0.2, 0.25) is 0 Å². The van der Waals surface area contributed by atoms with E-state index in [1.165, 1.54) is 35.6 Å². The second-order valence-electron chi connectivity index (χ2n) is 8.93. The molecule has 0 fully saturated rings. The summed E-state index contributed by atoms with van der Waals surface area (Å²) in [5.74, 6) is 6.23. The molecule has 3 aromatic carbocycles. The van der Waals surface area contributed by atoms with Gasteiger partial charge in [-0.2, -0.15) is 13.2 Å². The van der Waals surface area contributed by atoms with Gasteiger partial charge in [0.05, 0.1) is 17.1 Å². The van der Waals surface area contributed by atoms with Gasteiger partial charge in [-0.05, 0) is 79.3 Å². The number of aryl methyl sites for hydroxylation is 2. The number of rotatable bonds is 7. The van der Waals surface area contributed by atoms with Crippen LogP contribution < -0.4 is 21.3 Å². The second-order valence-corrected chi connectivity index (χ2v) is 9.81. The molecule has 41 heavy (non-hydrogen) atoms. The summed E-state index contributed by atoms with van der Waals surface area (Å²) in [6.45, 7) is 2.86. The number of thioether (sulfide) groups is 1. The van der Waals surface area contributed by atoms with Crippen LogP contribution in [-0.4, -0.2) is 22.2 Å². The van der Waals surface area contributed by atoms with Crippen molar-refractivity contribution in [1.29, 1.82) is 0 Å². The molecule has 0 saturated carbocycles. The van der Waals surface area contributed by atoms with Gasteiger partial charge in [0.1, 0.15) is 11.6 Å². The molecule has 4 rings (SSSR count). The number of benzene rings is 3. The van der Waals surface area contributed by atoms with Gasteiger partial charge >= 0.3 is 12.5 Å². The highest BCUT2D eigenvalue weighted by atomic mass is 32.2. The third-order valence-corrected chi connectivity index (χ3v) is 6.91. The molecule has 6 nitrogen and oxygen atoms in total. The quantitative estimate of drug-likeness (QED) is 0.100.